The molecule has 0 radical (unpaired) electrons. The van der Waals surface area contributed by atoms with E-state index in [0.29, 0.717) is 54.6 Å². The van der Waals surface area contributed by atoms with E-state index < -0.39 is 74.1 Å². The van der Waals surface area contributed by atoms with Gasteiger partial charge in [-0.2, -0.15) is 0 Å². The van der Waals surface area contributed by atoms with Gasteiger partial charge in [0.25, 0.3) is 5.91 Å². The minimum atomic E-state index is -4.01. The van der Waals surface area contributed by atoms with Crippen molar-refractivity contribution in [3.63, 3.8) is 0 Å². The molecule has 2 aromatic rings. The molecule has 2 aliphatic carbocycles. The quantitative estimate of drug-likeness (QED) is 0.273. The van der Waals surface area contributed by atoms with Crippen molar-refractivity contribution >= 4 is 44.6 Å². The molecule has 4 aliphatic rings. The molecule has 53 heavy (non-hydrogen) atoms. The van der Waals surface area contributed by atoms with Crippen molar-refractivity contribution in [3.8, 4) is 17.4 Å². The summed E-state index contributed by atoms with van der Waals surface area (Å²) in [5.41, 5.74) is -1.55. The van der Waals surface area contributed by atoms with E-state index in [4.69, 9.17) is 14.2 Å². The first-order valence-corrected chi connectivity index (χ1v) is 19.7. The summed E-state index contributed by atoms with van der Waals surface area (Å²) in [6.45, 7) is 7.66. The van der Waals surface area contributed by atoms with Crippen LogP contribution < -0.4 is 29.6 Å². The molecule has 0 bridgehead atoms. The number of pyridine rings is 1. The highest BCUT2D eigenvalue weighted by atomic mass is 32.2. The van der Waals surface area contributed by atoms with Crippen LogP contribution in [-0.2, 0) is 24.4 Å². The van der Waals surface area contributed by atoms with Crippen LogP contribution in [0.15, 0.2) is 36.5 Å². The Hall–Kier alpha value is -4.60. The van der Waals surface area contributed by atoms with E-state index in [1.165, 1.54) is 18.2 Å². The number of aromatic nitrogens is 1. The van der Waals surface area contributed by atoms with Crippen LogP contribution in [0.1, 0.15) is 72.6 Å². The van der Waals surface area contributed by atoms with Gasteiger partial charge in [-0.3, -0.25) is 19.1 Å². The Morgan fingerprint density at radius 3 is 2.58 bits per heavy atom. The lowest BCUT2D eigenvalue weighted by Gasteiger charge is -2.32. The highest BCUT2D eigenvalue weighted by Gasteiger charge is 2.63. The molecule has 2 saturated carbocycles. The molecule has 1 saturated heterocycles. The number of hydrogen-bond acceptors (Lipinski definition) is 10. The number of fused-ring (bicyclic) bond motifs is 3. The summed E-state index contributed by atoms with van der Waals surface area (Å²) in [6, 6.07) is 3.01. The van der Waals surface area contributed by atoms with Crippen LogP contribution in [0.4, 0.5) is 4.79 Å². The normalized spacial score (nSPS) is 29.8. The van der Waals surface area contributed by atoms with Crippen molar-refractivity contribution in [2.45, 2.75) is 101 Å². The lowest BCUT2D eigenvalue weighted by atomic mass is 9.88. The molecule has 6 rings (SSSR count). The standard InChI is InChI=1S/C37H49N5O10S/c1-6-51-24-11-12-26-27(16-24)29(50-5)19-38-32(26)52-25-17-28-31(43)40-37(34(45)41-53(48,49)36(4)13-14-36)18-23(37)10-8-7-9-21(2)15-22(3)30(39-35(46)47)33(44)42(28)20-25/h8,10-12,16,19,21-23,25,28,30,39H,6-7,9,13-15,17-18,20H2,1-5H3,(H,40,43)(H,41,45)(H,46,47)/t21-,22-,23-,25-,28+,30+,37-/m1/s1. The first-order valence-electron chi connectivity index (χ1n) is 18.2. The van der Waals surface area contributed by atoms with Crippen molar-refractivity contribution in [1.29, 1.82) is 0 Å². The Bertz CT molecular complexity index is 1920. The zero-order chi connectivity index (χ0) is 38.3. The van der Waals surface area contributed by atoms with Crippen molar-refractivity contribution in [2.75, 3.05) is 20.3 Å². The maximum Gasteiger partial charge on any atom is 0.405 e. The van der Waals surface area contributed by atoms with Crippen molar-refractivity contribution < 1.29 is 46.9 Å². The largest absolute Gasteiger partial charge is 0.494 e. The van der Waals surface area contributed by atoms with Crippen LogP contribution in [0.3, 0.4) is 0 Å². The average molecular weight is 756 g/mol. The van der Waals surface area contributed by atoms with Gasteiger partial charge >= 0.3 is 6.09 Å². The average Bonchev–Trinajstić information content (AvgIpc) is 3.98. The molecule has 3 fully saturated rings. The van der Waals surface area contributed by atoms with E-state index in [1.807, 2.05) is 26.0 Å². The van der Waals surface area contributed by atoms with Crippen LogP contribution in [0.5, 0.6) is 17.4 Å². The minimum Gasteiger partial charge on any atom is -0.494 e. The number of methoxy groups -OCH3 is 1. The molecule has 4 amide bonds. The van der Waals surface area contributed by atoms with Gasteiger partial charge in [0.1, 0.15) is 35.2 Å². The number of sulfonamides is 1. The van der Waals surface area contributed by atoms with E-state index >= 15 is 0 Å². The first kappa shape index (κ1) is 38.1. The van der Waals surface area contributed by atoms with Crippen molar-refractivity contribution in [2.24, 2.45) is 17.8 Å². The van der Waals surface area contributed by atoms with Crippen LogP contribution in [0.25, 0.3) is 10.8 Å². The molecule has 0 spiro atoms. The number of allylic oxidation sites excluding steroid dienone is 1. The summed E-state index contributed by atoms with van der Waals surface area (Å²) in [5.74, 6) is -1.54. The zero-order valence-corrected chi connectivity index (χ0v) is 31.5. The number of hydrogen-bond donors (Lipinski definition) is 4. The summed E-state index contributed by atoms with van der Waals surface area (Å²) in [7, 11) is -2.49. The fourth-order valence-corrected chi connectivity index (χ4v) is 8.88. The molecule has 7 atom stereocenters. The lowest BCUT2D eigenvalue weighted by Crippen LogP contribution is -2.59. The number of benzene rings is 1. The molecule has 1 aromatic heterocycles. The summed E-state index contributed by atoms with van der Waals surface area (Å²) in [5, 5.41) is 16.3. The fraction of sp³-hybridized carbons (Fsp3) is 0.595. The smallest absolute Gasteiger partial charge is 0.405 e. The Balaban J connectivity index is 1.34. The highest BCUT2D eigenvalue weighted by molar-refractivity contribution is 7.91. The predicted molar refractivity (Wildman–Crippen MR) is 194 cm³/mol. The highest BCUT2D eigenvalue weighted by Crippen LogP contribution is 2.47. The zero-order valence-electron chi connectivity index (χ0n) is 30.7. The third kappa shape index (κ3) is 7.73. The Kier molecular flexibility index (Phi) is 10.6. The summed E-state index contributed by atoms with van der Waals surface area (Å²) in [6.07, 6.45) is 6.06. The number of nitrogens with one attached hydrogen (secondary N) is 3. The lowest BCUT2D eigenvalue weighted by molar-refractivity contribution is -0.142. The summed E-state index contributed by atoms with van der Waals surface area (Å²) < 4.78 is 45.1. The Labute approximate surface area is 309 Å². The topological polar surface area (TPSA) is 203 Å². The van der Waals surface area contributed by atoms with Gasteiger partial charge in [-0.15, -0.1) is 0 Å². The van der Waals surface area contributed by atoms with Gasteiger partial charge in [0.2, 0.25) is 27.7 Å². The molecule has 15 nitrogen and oxygen atoms in total. The fourth-order valence-electron chi connectivity index (χ4n) is 7.57. The monoisotopic (exact) mass is 755 g/mol. The summed E-state index contributed by atoms with van der Waals surface area (Å²) >= 11 is 0. The molecule has 3 heterocycles. The van der Waals surface area contributed by atoms with Crippen LogP contribution in [0, 0.1) is 17.8 Å². The number of carbonyl (C=O) groups is 4. The van der Waals surface area contributed by atoms with Crippen LogP contribution >= 0.6 is 0 Å². The van der Waals surface area contributed by atoms with Gasteiger partial charge in [0, 0.05) is 23.1 Å². The van der Waals surface area contributed by atoms with E-state index in [9.17, 15) is 32.7 Å². The molecular weight excluding hydrogens is 706 g/mol. The van der Waals surface area contributed by atoms with E-state index in [-0.39, 0.29) is 31.2 Å². The van der Waals surface area contributed by atoms with Gasteiger partial charge in [-0.25, -0.2) is 18.2 Å². The Morgan fingerprint density at radius 2 is 1.91 bits per heavy atom. The molecule has 4 N–H and O–H groups in total. The SMILES string of the molecule is CCOc1ccc2c(O[C@@H]3C[C@H]4C(=O)N[C@]5(C(=O)NS(=O)(=O)C6(C)CC6)C[C@H]5C=CCC[C@@H](C)C[C@@H](C)[C@H](NC(=O)O)C(=O)N4C3)ncc(OC)c2c1. The molecule has 1 aromatic carbocycles. The number of amides is 4. The molecule has 2 aliphatic heterocycles. The molecule has 0 unspecified atom stereocenters. The Morgan fingerprint density at radius 1 is 1.15 bits per heavy atom. The second-order valence-electron chi connectivity index (χ2n) is 15.2. The van der Waals surface area contributed by atoms with Gasteiger partial charge in [0.15, 0.2) is 0 Å². The molecule has 288 valence electrons. The van der Waals surface area contributed by atoms with E-state index in [1.54, 1.807) is 32.0 Å². The number of carbonyl (C=O) groups excluding carboxylic acids is 3. The van der Waals surface area contributed by atoms with E-state index in [2.05, 4.69) is 20.3 Å². The maximum atomic E-state index is 14.4. The molecule has 16 heteroatoms. The second kappa shape index (κ2) is 14.7. The molecular formula is C37H49N5O10S. The number of nitrogens with zero attached hydrogens (tertiary/aromatic N) is 2. The van der Waals surface area contributed by atoms with E-state index in [0.717, 1.165) is 6.42 Å². The maximum absolute atomic E-state index is 14.4. The second-order valence-corrected chi connectivity index (χ2v) is 17.4. The van der Waals surface area contributed by atoms with Gasteiger partial charge in [0.05, 0.1) is 31.2 Å². The van der Waals surface area contributed by atoms with Gasteiger partial charge in [-0.1, -0.05) is 26.0 Å². The van der Waals surface area contributed by atoms with Crippen LogP contribution in [0.2, 0.25) is 0 Å². The first-order chi connectivity index (χ1) is 25.1. The minimum absolute atomic E-state index is 0.0110. The number of carboxylic acid groups (broad SMARTS) is 1. The van der Waals surface area contributed by atoms with Crippen LogP contribution in [-0.4, -0.2) is 96.0 Å². The third-order valence-electron chi connectivity index (χ3n) is 11.1. The third-order valence-corrected chi connectivity index (χ3v) is 13.3. The number of rotatable bonds is 9. The van der Waals surface area contributed by atoms with Crippen molar-refractivity contribution in [3.05, 3.63) is 36.5 Å². The van der Waals surface area contributed by atoms with Gasteiger partial charge < -0.3 is 34.9 Å². The van der Waals surface area contributed by atoms with Crippen molar-refractivity contribution in [1.82, 2.24) is 25.2 Å². The number of ether oxygens (including phenoxy) is 3. The predicted octanol–water partition coefficient (Wildman–Crippen LogP) is 3.51. The van der Waals surface area contributed by atoms with Gasteiger partial charge in [-0.05, 0) is 82.4 Å². The summed E-state index contributed by atoms with van der Waals surface area (Å²) in [4.78, 5) is 60.4.